The van der Waals surface area contributed by atoms with Gasteiger partial charge >= 0.3 is 0 Å². The van der Waals surface area contributed by atoms with Crippen molar-refractivity contribution in [2.24, 2.45) is 15.9 Å². The zero-order chi connectivity index (χ0) is 17.3. The molecule has 0 radical (unpaired) electrons. The van der Waals surface area contributed by atoms with E-state index in [1.165, 1.54) is 0 Å². The van der Waals surface area contributed by atoms with Crippen LogP contribution in [0.3, 0.4) is 0 Å². The van der Waals surface area contributed by atoms with E-state index < -0.39 is 0 Å². The summed E-state index contributed by atoms with van der Waals surface area (Å²) in [5.74, 6) is 0.221. The predicted molar refractivity (Wildman–Crippen MR) is 101 cm³/mol. The molecule has 1 aromatic heterocycles. The van der Waals surface area contributed by atoms with Gasteiger partial charge in [0, 0.05) is 12.4 Å². The van der Waals surface area contributed by atoms with E-state index >= 15 is 0 Å². The second-order valence-corrected chi connectivity index (χ2v) is 5.15. The molecule has 0 spiro atoms. The van der Waals surface area contributed by atoms with Gasteiger partial charge in [0.25, 0.3) is 0 Å². The summed E-state index contributed by atoms with van der Waals surface area (Å²) in [6.45, 7) is 0. The van der Waals surface area contributed by atoms with Crippen LogP contribution in [0.5, 0.6) is 0 Å². The van der Waals surface area contributed by atoms with Gasteiger partial charge in [0.2, 0.25) is 0 Å². The first-order valence-electron chi connectivity index (χ1n) is 7.78. The molecule has 0 aliphatic rings. The smallest absolute Gasteiger partial charge is 0.173 e. The maximum absolute atomic E-state index is 5.85. The zero-order valence-corrected chi connectivity index (χ0v) is 13.5. The van der Waals surface area contributed by atoms with Crippen molar-refractivity contribution < 1.29 is 0 Å². The lowest BCUT2D eigenvalue weighted by atomic mass is 9.98. The first kappa shape index (κ1) is 16.3. The highest BCUT2D eigenvalue weighted by Crippen LogP contribution is 2.22. The molecular formula is C20H17N5. The lowest BCUT2D eigenvalue weighted by Crippen LogP contribution is -2.14. The molecule has 1 heterocycles. The maximum Gasteiger partial charge on any atom is 0.173 e. The Hall–Kier alpha value is -3.60. The van der Waals surface area contributed by atoms with Crippen molar-refractivity contribution in [3.63, 3.8) is 0 Å². The van der Waals surface area contributed by atoms with E-state index in [1.54, 1.807) is 24.8 Å². The topological polar surface area (TPSA) is 76.5 Å². The van der Waals surface area contributed by atoms with Gasteiger partial charge in [0.1, 0.15) is 5.69 Å². The van der Waals surface area contributed by atoms with Crippen LogP contribution >= 0.6 is 0 Å². The van der Waals surface area contributed by atoms with Crippen LogP contribution in [0, 0.1) is 0 Å². The van der Waals surface area contributed by atoms with Gasteiger partial charge in [-0.15, -0.1) is 5.10 Å². The Kier molecular flexibility index (Phi) is 5.40. The summed E-state index contributed by atoms with van der Waals surface area (Å²) in [7, 11) is 0. The Morgan fingerprint density at radius 2 is 1.52 bits per heavy atom. The van der Waals surface area contributed by atoms with Gasteiger partial charge < -0.3 is 5.73 Å². The van der Waals surface area contributed by atoms with E-state index in [0.29, 0.717) is 5.69 Å². The van der Waals surface area contributed by atoms with Gasteiger partial charge in [-0.2, -0.15) is 5.10 Å². The number of hydrogen-bond acceptors (Lipinski definition) is 4. The molecule has 0 amide bonds. The Bertz CT molecular complexity index is 844. The first-order chi connectivity index (χ1) is 12.3. The lowest BCUT2D eigenvalue weighted by molar-refractivity contribution is 1.15. The maximum atomic E-state index is 5.85. The Labute approximate surface area is 146 Å². The molecular weight excluding hydrogens is 310 g/mol. The normalized spacial score (nSPS) is 11.4. The highest BCUT2D eigenvalue weighted by Gasteiger charge is 2.03. The number of nitrogens with zero attached hydrogens (tertiary/aromatic N) is 4. The SMILES string of the molecule is N/C(=N\N=C\C=C(c1ccccc1)c1ccccc1)c1cnccn1. The summed E-state index contributed by atoms with van der Waals surface area (Å²) in [6.07, 6.45) is 8.22. The van der Waals surface area contributed by atoms with Gasteiger partial charge in [-0.1, -0.05) is 60.7 Å². The summed E-state index contributed by atoms with van der Waals surface area (Å²) < 4.78 is 0. The molecule has 0 saturated heterocycles. The predicted octanol–water partition coefficient (Wildman–Crippen LogP) is 3.30. The summed E-state index contributed by atoms with van der Waals surface area (Å²) in [6, 6.07) is 20.3. The average Bonchev–Trinajstić information content (AvgIpc) is 2.70. The number of rotatable bonds is 5. The van der Waals surface area contributed by atoms with Crippen LogP contribution in [0.2, 0.25) is 0 Å². The number of hydrogen-bond donors (Lipinski definition) is 1. The van der Waals surface area contributed by atoms with E-state index in [-0.39, 0.29) is 5.84 Å². The molecule has 0 fully saturated rings. The fourth-order valence-electron chi connectivity index (χ4n) is 2.28. The standard InChI is InChI=1S/C20H17N5/c21-20(19-15-22-13-14-23-19)25-24-12-11-18(16-7-3-1-4-8-16)17-9-5-2-6-10-17/h1-15H,(H2,21,25)/b24-12+. The van der Waals surface area contributed by atoms with Gasteiger partial charge in [-0.25, -0.2) is 4.98 Å². The van der Waals surface area contributed by atoms with Crippen LogP contribution in [0.4, 0.5) is 0 Å². The third-order valence-corrected chi connectivity index (χ3v) is 3.47. The summed E-state index contributed by atoms with van der Waals surface area (Å²) in [5.41, 5.74) is 9.60. The number of amidine groups is 1. The number of benzene rings is 2. The molecule has 0 saturated carbocycles. The first-order valence-corrected chi connectivity index (χ1v) is 7.78. The minimum absolute atomic E-state index is 0.221. The van der Waals surface area contributed by atoms with Crippen molar-refractivity contribution in [2.75, 3.05) is 0 Å². The van der Waals surface area contributed by atoms with Crippen LogP contribution in [-0.2, 0) is 0 Å². The van der Waals surface area contributed by atoms with E-state index in [2.05, 4.69) is 44.4 Å². The molecule has 0 aliphatic carbocycles. The Balaban J connectivity index is 1.87. The largest absolute Gasteiger partial charge is 0.380 e. The highest BCUT2D eigenvalue weighted by atomic mass is 15.2. The molecule has 0 bridgehead atoms. The molecule has 0 aliphatic heterocycles. The Morgan fingerprint density at radius 1 is 0.880 bits per heavy atom. The second kappa shape index (κ2) is 8.31. The molecule has 122 valence electrons. The molecule has 2 N–H and O–H groups in total. The van der Waals surface area contributed by atoms with Crippen molar-refractivity contribution >= 4 is 17.6 Å². The quantitative estimate of drug-likeness (QED) is 0.444. The third kappa shape index (κ3) is 4.45. The molecule has 3 aromatic rings. The van der Waals surface area contributed by atoms with Crippen molar-refractivity contribution in [1.82, 2.24) is 9.97 Å². The second-order valence-electron chi connectivity index (χ2n) is 5.15. The Morgan fingerprint density at radius 3 is 2.08 bits per heavy atom. The van der Waals surface area contributed by atoms with Gasteiger partial charge in [-0.05, 0) is 22.8 Å². The van der Waals surface area contributed by atoms with Crippen LogP contribution < -0.4 is 5.73 Å². The third-order valence-electron chi connectivity index (χ3n) is 3.47. The molecule has 0 unspecified atom stereocenters. The molecule has 25 heavy (non-hydrogen) atoms. The molecule has 2 aromatic carbocycles. The summed E-state index contributed by atoms with van der Waals surface area (Å²) in [5, 5.41) is 8.00. The number of nitrogens with two attached hydrogens (primary N) is 1. The van der Waals surface area contributed by atoms with Crippen LogP contribution in [0.15, 0.2) is 95.5 Å². The monoisotopic (exact) mass is 327 g/mol. The van der Waals surface area contributed by atoms with E-state index in [9.17, 15) is 0 Å². The molecule has 3 rings (SSSR count). The molecule has 0 atom stereocenters. The van der Waals surface area contributed by atoms with Crippen molar-refractivity contribution in [3.05, 3.63) is 102 Å². The molecule has 5 nitrogen and oxygen atoms in total. The van der Waals surface area contributed by atoms with E-state index in [1.807, 2.05) is 42.5 Å². The van der Waals surface area contributed by atoms with Crippen molar-refractivity contribution in [2.45, 2.75) is 0 Å². The average molecular weight is 327 g/mol. The van der Waals surface area contributed by atoms with Crippen LogP contribution in [0.25, 0.3) is 5.57 Å². The van der Waals surface area contributed by atoms with Crippen LogP contribution in [-0.4, -0.2) is 22.0 Å². The van der Waals surface area contributed by atoms with Gasteiger partial charge in [-0.3, -0.25) is 4.98 Å². The number of aromatic nitrogens is 2. The van der Waals surface area contributed by atoms with E-state index in [4.69, 9.17) is 5.73 Å². The minimum Gasteiger partial charge on any atom is -0.380 e. The fraction of sp³-hybridized carbons (Fsp3) is 0. The van der Waals surface area contributed by atoms with Gasteiger partial charge in [0.05, 0.1) is 12.4 Å². The fourth-order valence-corrected chi connectivity index (χ4v) is 2.28. The minimum atomic E-state index is 0.221. The van der Waals surface area contributed by atoms with Crippen molar-refractivity contribution in [1.29, 1.82) is 0 Å². The van der Waals surface area contributed by atoms with E-state index in [0.717, 1.165) is 16.7 Å². The number of allylic oxidation sites excluding steroid dienone is 1. The zero-order valence-electron chi connectivity index (χ0n) is 13.5. The molecule has 5 heteroatoms. The highest BCUT2D eigenvalue weighted by molar-refractivity contribution is 5.96. The van der Waals surface area contributed by atoms with Crippen LogP contribution in [0.1, 0.15) is 16.8 Å². The summed E-state index contributed by atoms with van der Waals surface area (Å²) >= 11 is 0. The van der Waals surface area contributed by atoms with Crippen molar-refractivity contribution in [3.8, 4) is 0 Å². The lowest BCUT2D eigenvalue weighted by Gasteiger charge is -2.07. The summed E-state index contributed by atoms with van der Waals surface area (Å²) in [4.78, 5) is 8.03. The van der Waals surface area contributed by atoms with Gasteiger partial charge in [0.15, 0.2) is 5.84 Å².